The molecule has 0 spiro atoms. The van der Waals surface area contributed by atoms with E-state index in [0.29, 0.717) is 11.8 Å². The standard InChI is InChI=1S/C20H33N3O.HI/c1-15(2)11-12-22-20(21-4)23-14-18-6-5-13-24-19(18)17-9-7-16(3)8-10-17;/h7-10,15,18-19H,5-6,11-14H2,1-4H3,(H2,21,22,23);1H. The van der Waals surface area contributed by atoms with Crippen LogP contribution in [0.5, 0.6) is 0 Å². The van der Waals surface area contributed by atoms with Crippen molar-refractivity contribution in [2.75, 3.05) is 26.7 Å². The van der Waals surface area contributed by atoms with Gasteiger partial charge in [-0.15, -0.1) is 24.0 Å². The van der Waals surface area contributed by atoms with Crippen molar-refractivity contribution in [1.82, 2.24) is 10.6 Å². The second kappa shape index (κ2) is 11.7. The van der Waals surface area contributed by atoms with Crippen molar-refractivity contribution in [3.63, 3.8) is 0 Å². The number of hydrogen-bond donors (Lipinski definition) is 2. The van der Waals surface area contributed by atoms with Crippen molar-refractivity contribution < 1.29 is 4.74 Å². The smallest absolute Gasteiger partial charge is 0.190 e. The van der Waals surface area contributed by atoms with E-state index in [2.05, 4.69) is 60.7 Å². The molecule has 25 heavy (non-hydrogen) atoms. The van der Waals surface area contributed by atoms with Crippen molar-refractivity contribution in [2.45, 2.75) is 46.1 Å². The van der Waals surface area contributed by atoms with Crippen LogP contribution in [0, 0.1) is 18.8 Å². The highest BCUT2D eigenvalue weighted by atomic mass is 127. The molecule has 0 saturated carbocycles. The molecular formula is C20H34IN3O. The van der Waals surface area contributed by atoms with Gasteiger partial charge in [-0.2, -0.15) is 0 Å². The maximum atomic E-state index is 6.09. The average Bonchev–Trinajstić information content (AvgIpc) is 2.58. The highest BCUT2D eigenvalue weighted by Gasteiger charge is 2.27. The monoisotopic (exact) mass is 459 g/mol. The Labute approximate surface area is 170 Å². The highest BCUT2D eigenvalue weighted by molar-refractivity contribution is 14.0. The second-order valence-electron chi connectivity index (χ2n) is 7.17. The van der Waals surface area contributed by atoms with Crippen LogP contribution in [0.1, 0.15) is 50.3 Å². The van der Waals surface area contributed by atoms with Gasteiger partial charge in [0.05, 0.1) is 6.10 Å². The largest absolute Gasteiger partial charge is 0.373 e. The van der Waals surface area contributed by atoms with Crippen LogP contribution in [0.3, 0.4) is 0 Å². The zero-order valence-electron chi connectivity index (χ0n) is 16.0. The SMILES string of the molecule is CN=C(NCCC(C)C)NCC1CCCOC1c1ccc(C)cc1.I. The molecule has 2 unspecified atom stereocenters. The van der Waals surface area contributed by atoms with E-state index in [1.807, 2.05) is 7.05 Å². The lowest BCUT2D eigenvalue weighted by molar-refractivity contribution is -0.0265. The Morgan fingerprint density at radius 3 is 2.60 bits per heavy atom. The Morgan fingerprint density at radius 2 is 1.96 bits per heavy atom. The summed E-state index contributed by atoms with van der Waals surface area (Å²) in [6.07, 6.45) is 3.66. The number of halogens is 1. The van der Waals surface area contributed by atoms with Gasteiger partial charge in [0.15, 0.2) is 5.96 Å². The third-order valence-corrected chi connectivity index (χ3v) is 4.62. The Bertz CT molecular complexity index is 516. The molecule has 142 valence electrons. The van der Waals surface area contributed by atoms with E-state index in [-0.39, 0.29) is 30.1 Å². The Hall–Kier alpha value is -0.820. The van der Waals surface area contributed by atoms with Crippen molar-refractivity contribution in [1.29, 1.82) is 0 Å². The predicted octanol–water partition coefficient (Wildman–Crippen LogP) is 4.29. The first kappa shape index (κ1) is 22.2. The molecule has 1 fully saturated rings. The second-order valence-corrected chi connectivity index (χ2v) is 7.17. The van der Waals surface area contributed by atoms with Gasteiger partial charge in [0, 0.05) is 32.7 Å². The number of rotatable bonds is 6. The molecule has 1 aliphatic heterocycles. The van der Waals surface area contributed by atoms with Gasteiger partial charge in [0.2, 0.25) is 0 Å². The van der Waals surface area contributed by atoms with Gasteiger partial charge in [0.1, 0.15) is 0 Å². The number of hydrogen-bond acceptors (Lipinski definition) is 2. The van der Waals surface area contributed by atoms with Gasteiger partial charge < -0.3 is 15.4 Å². The third kappa shape index (κ3) is 7.52. The molecule has 0 aliphatic carbocycles. The number of nitrogens with one attached hydrogen (secondary N) is 2. The number of guanidine groups is 1. The minimum atomic E-state index is 0. The molecule has 1 heterocycles. The number of benzene rings is 1. The average molecular weight is 459 g/mol. The Balaban J connectivity index is 0.00000312. The zero-order chi connectivity index (χ0) is 17.4. The van der Waals surface area contributed by atoms with Crippen molar-refractivity contribution in [3.05, 3.63) is 35.4 Å². The minimum absolute atomic E-state index is 0. The first-order chi connectivity index (χ1) is 11.6. The van der Waals surface area contributed by atoms with E-state index in [4.69, 9.17) is 4.74 Å². The molecule has 1 aliphatic rings. The van der Waals surface area contributed by atoms with Crippen LogP contribution < -0.4 is 10.6 Å². The summed E-state index contributed by atoms with van der Waals surface area (Å²) in [4.78, 5) is 4.33. The van der Waals surface area contributed by atoms with E-state index in [1.54, 1.807) is 0 Å². The zero-order valence-corrected chi connectivity index (χ0v) is 18.4. The third-order valence-electron chi connectivity index (χ3n) is 4.62. The van der Waals surface area contributed by atoms with Crippen molar-refractivity contribution >= 4 is 29.9 Å². The van der Waals surface area contributed by atoms with Gasteiger partial charge in [-0.25, -0.2) is 0 Å². The summed E-state index contributed by atoms with van der Waals surface area (Å²) < 4.78 is 6.09. The lowest BCUT2D eigenvalue weighted by Gasteiger charge is -2.32. The topological polar surface area (TPSA) is 45.7 Å². The quantitative estimate of drug-likeness (QED) is 0.379. The number of aliphatic imine (C=N–C) groups is 1. The Kier molecular flexibility index (Phi) is 10.4. The van der Waals surface area contributed by atoms with E-state index >= 15 is 0 Å². The molecule has 2 N–H and O–H groups in total. The van der Waals surface area contributed by atoms with Crippen LogP contribution in [0.15, 0.2) is 29.3 Å². The molecule has 5 heteroatoms. The molecule has 1 saturated heterocycles. The maximum absolute atomic E-state index is 6.09. The fraction of sp³-hybridized carbons (Fsp3) is 0.650. The van der Waals surface area contributed by atoms with Crippen LogP contribution in [0.25, 0.3) is 0 Å². The number of ether oxygens (including phenoxy) is 1. The summed E-state index contributed by atoms with van der Waals surface area (Å²) in [6, 6.07) is 8.75. The van der Waals surface area contributed by atoms with Gasteiger partial charge >= 0.3 is 0 Å². The number of nitrogens with zero attached hydrogens (tertiary/aromatic N) is 1. The summed E-state index contributed by atoms with van der Waals surface area (Å²) in [7, 11) is 1.83. The maximum Gasteiger partial charge on any atom is 0.190 e. The number of aryl methyl sites for hydroxylation is 1. The van der Waals surface area contributed by atoms with Gasteiger partial charge in [-0.3, -0.25) is 4.99 Å². The van der Waals surface area contributed by atoms with Crippen LogP contribution in [-0.2, 0) is 4.74 Å². The molecule has 0 aromatic heterocycles. The summed E-state index contributed by atoms with van der Waals surface area (Å²) in [5.41, 5.74) is 2.58. The molecule has 2 atom stereocenters. The van der Waals surface area contributed by atoms with E-state index in [1.165, 1.54) is 17.5 Å². The minimum Gasteiger partial charge on any atom is -0.373 e. The normalized spacial score (nSPS) is 20.9. The molecule has 2 rings (SSSR count). The van der Waals surface area contributed by atoms with Gasteiger partial charge in [-0.1, -0.05) is 43.7 Å². The molecule has 0 amide bonds. The van der Waals surface area contributed by atoms with Crippen molar-refractivity contribution in [2.24, 2.45) is 16.8 Å². The lowest BCUT2D eigenvalue weighted by atomic mass is 9.89. The summed E-state index contributed by atoms with van der Waals surface area (Å²) in [6.45, 7) is 9.31. The molecule has 1 aromatic rings. The molecule has 4 nitrogen and oxygen atoms in total. The van der Waals surface area contributed by atoms with E-state index in [9.17, 15) is 0 Å². The Morgan fingerprint density at radius 1 is 1.24 bits per heavy atom. The summed E-state index contributed by atoms with van der Waals surface area (Å²) in [5, 5.41) is 6.88. The van der Waals surface area contributed by atoms with Gasteiger partial charge in [-0.05, 0) is 37.7 Å². The molecule has 0 radical (unpaired) electrons. The summed E-state index contributed by atoms with van der Waals surface area (Å²) in [5.74, 6) is 2.07. The molecular weight excluding hydrogens is 425 g/mol. The first-order valence-electron chi connectivity index (χ1n) is 9.23. The van der Waals surface area contributed by atoms with E-state index in [0.717, 1.165) is 38.5 Å². The van der Waals surface area contributed by atoms with Crippen LogP contribution in [0.4, 0.5) is 0 Å². The lowest BCUT2D eigenvalue weighted by Crippen LogP contribution is -2.42. The van der Waals surface area contributed by atoms with Gasteiger partial charge in [0.25, 0.3) is 0 Å². The van der Waals surface area contributed by atoms with Crippen LogP contribution in [-0.4, -0.2) is 32.7 Å². The highest BCUT2D eigenvalue weighted by Crippen LogP contribution is 2.33. The fourth-order valence-electron chi connectivity index (χ4n) is 3.10. The molecule has 0 bridgehead atoms. The predicted molar refractivity (Wildman–Crippen MR) is 117 cm³/mol. The van der Waals surface area contributed by atoms with E-state index < -0.39 is 0 Å². The van der Waals surface area contributed by atoms with Crippen molar-refractivity contribution in [3.8, 4) is 0 Å². The van der Waals surface area contributed by atoms with Crippen LogP contribution >= 0.6 is 24.0 Å². The first-order valence-corrected chi connectivity index (χ1v) is 9.23. The fourth-order valence-corrected chi connectivity index (χ4v) is 3.10. The van der Waals surface area contributed by atoms with Crippen LogP contribution in [0.2, 0.25) is 0 Å². The summed E-state index contributed by atoms with van der Waals surface area (Å²) >= 11 is 0. The molecule has 1 aromatic carbocycles.